The largest absolute Gasteiger partial charge is 0.398 e. The average Bonchev–Trinajstić information content (AvgIpc) is 2.56. The quantitative estimate of drug-likeness (QED) is 0.832. The highest BCUT2D eigenvalue weighted by Gasteiger charge is 2.20. The molecule has 0 saturated heterocycles. The minimum absolute atomic E-state index is 0. The van der Waals surface area contributed by atoms with Gasteiger partial charge in [0.2, 0.25) is 5.91 Å². The van der Waals surface area contributed by atoms with Crippen LogP contribution in [0, 0.1) is 0 Å². The lowest BCUT2D eigenvalue weighted by molar-refractivity contribution is -0.115. The summed E-state index contributed by atoms with van der Waals surface area (Å²) in [6, 6.07) is 13.9. The third kappa shape index (κ3) is 4.01. The molecule has 0 saturated carbocycles. The number of benzene rings is 2. The van der Waals surface area contributed by atoms with Crippen molar-refractivity contribution in [3.8, 4) is 0 Å². The van der Waals surface area contributed by atoms with Crippen LogP contribution in [0.3, 0.4) is 0 Å². The minimum atomic E-state index is 0. The van der Waals surface area contributed by atoms with Crippen LogP contribution in [0.2, 0.25) is 0 Å². The van der Waals surface area contributed by atoms with E-state index in [0.29, 0.717) is 6.54 Å². The van der Waals surface area contributed by atoms with Gasteiger partial charge in [0.05, 0.1) is 6.54 Å². The Kier molecular flexibility index (Phi) is 6.10. The van der Waals surface area contributed by atoms with Gasteiger partial charge in [-0.2, -0.15) is 0 Å². The maximum atomic E-state index is 12.3. The van der Waals surface area contributed by atoms with Gasteiger partial charge in [0.15, 0.2) is 0 Å². The molecule has 24 heavy (non-hydrogen) atoms. The van der Waals surface area contributed by atoms with Crippen molar-refractivity contribution in [3.63, 3.8) is 0 Å². The van der Waals surface area contributed by atoms with Gasteiger partial charge >= 0.3 is 0 Å². The van der Waals surface area contributed by atoms with Crippen LogP contribution < -0.4 is 16.0 Å². The molecule has 1 amide bonds. The van der Waals surface area contributed by atoms with E-state index in [1.54, 1.807) is 0 Å². The number of nitrogens with two attached hydrogens (primary N) is 1. The van der Waals surface area contributed by atoms with Crippen LogP contribution in [-0.2, 0) is 17.6 Å². The Bertz CT molecular complexity index is 700. The van der Waals surface area contributed by atoms with Gasteiger partial charge in [0.25, 0.3) is 0 Å². The molecule has 3 rings (SSSR count). The van der Waals surface area contributed by atoms with Gasteiger partial charge in [-0.1, -0.05) is 25.1 Å². The van der Waals surface area contributed by atoms with Gasteiger partial charge in [0.1, 0.15) is 0 Å². The standard InChI is InChI=1S/C19H23N3O.ClH/c1-2-14-8-10-15(11-9-14)21-19(23)13-22-12-4-5-16-17(20)6-3-7-18(16)22;/h3,6-11H,2,4-5,12-13,20H2,1H3,(H,21,23);1H. The summed E-state index contributed by atoms with van der Waals surface area (Å²) in [6.07, 6.45) is 3.01. The predicted octanol–water partition coefficient (Wildman–Crippen LogP) is 3.64. The second-order valence-electron chi connectivity index (χ2n) is 5.97. The molecule has 1 aliphatic rings. The predicted molar refractivity (Wildman–Crippen MR) is 103 cm³/mol. The number of nitrogens with zero attached hydrogens (tertiary/aromatic N) is 1. The molecule has 0 atom stereocenters. The highest BCUT2D eigenvalue weighted by molar-refractivity contribution is 5.94. The molecular weight excluding hydrogens is 322 g/mol. The molecule has 5 heteroatoms. The van der Waals surface area contributed by atoms with E-state index in [4.69, 9.17) is 5.73 Å². The zero-order valence-electron chi connectivity index (χ0n) is 13.9. The van der Waals surface area contributed by atoms with Gasteiger partial charge in [-0.3, -0.25) is 4.79 Å². The summed E-state index contributed by atoms with van der Waals surface area (Å²) in [7, 11) is 0. The molecule has 0 unspecified atom stereocenters. The molecule has 0 aromatic heterocycles. The molecular formula is C19H24ClN3O. The lowest BCUT2D eigenvalue weighted by Crippen LogP contribution is -2.37. The van der Waals surface area contributed by atoms with E-state index in [0.717, 1.165) is 42.9 Å². The Morgan fingerprint density at radius 2 is 1.96 bits per heavy atom. The number of aryl methyl sites for hydroxylation is 1. The topological polar surface area (TPSA) is 58.4 Å². The van der Waals surface area contributed by atoms with E-state index in [1.165, 1.54) is 11.1 Å². The summed E-state index contributed by atoms with van der Waals surface area (Å²) in [5.41, 5.74) is 11.2. The van der Waals surface area contributed by atoms with Crippen LogP contribution in [0.1, 0.15) is 24.5 Å². The van der Waals surface area contributed by atoms with E-state index >= 15 is 0 Å². The highest BCUT2D eigenvalue weighted by Crippen LogP contribution is 2.31. The number of fused-ring (bicyclic) bond motifs is 1. The fraction of sp³-hybridized carbons (Fsp3) is 0.316. The van der Waals surface area contributed by atoms with Crippen molar-refractivity contribution >= 4 is 35.4 Å². The van der Waals surface area contributed by atoms with E-state index in [1.807, 2.05) is 42.5 Å². The number of amides is 1. The molecule has 0 fully saturated rings. The number of carbonyl (C=O) groups is 1. The summed E-state index contributed by atoms with van der Waals surface area (Å²) >= 11 is 0. The number of nitrogens with one attached hydrogen (secondary N) is 1. The zero-order chi connectivity index (χ0) is 16.2. The first-order valence-corrected chi connectivity index (χ1v) is 8.18. The Labute approximate surface area is 149 Å². The molecule has 1 heterocycles. The maximum Gasteiger partial charge on any atom is 0.243 e. The first-order chi connectivity index (χ1) is 11.2. The molecule has 0 aliphatic carbocycles. The molecule has 3 N–H and O–H groups in total. The van der Waals surface area contributed by atoms with Gasteiger partial charge in [-0.15, -0.1) is 12.4 Å². The summed E-state index contributed by atoms with van der Waals surface area (Å²) in [6.45, 7) is 3.36. The van der Waals surface area contributed by atoms with Gasteiger partial charge in [0, 0.05) is 23.6 Å². The molecule has 2 aromatic carbocycles. The fourth-order valence-electron chi connectivity index (χ4n) is 3.09. The normalized spacial score (nSPS) is 13.0. The van der Waals surface area contributed by atoms with Crippen molar-refractivity contribution in [1.29, 1.82) is 0 Å². The van der Waals surface area contributed by atoms with Crippen molar-refractivity contribution in [1.82, 2.24) is 0 Å². The number of halogens is 1. The molecule has 0 spiro atoms. The van der Waals surface area contributed by atoms with Gasteiger partial charge in [-0.05, 0) is 54.7 Å². The van der Waals surface area contributed by atoms with Crippen molar-refractivity contribution in [2.24, 2.45) is 0 Å². The van der Waals surface area contributed by atoms with Crippen LogP contribution in [0.25, 0.3) is 0 Å². The van der Waals surface area contributed by atoms with Crippen LogP contribution >= 0.6 is 12.4 Å². The van der Waals surface area contributed by atoms with E-state index in [-0.39, 0.29) is 18.3 Å². The fourth-order valence-corrected chi connectivity index (χ4v) is 3.09. The van der Waals surface area contributed by atoms with Crippen molar-refractivity contribution in [2.45, 2.75) is 26.2 Å². The summed E-state index contributed by atoms with van der Waals surface area (Å²) in [4.78, 5) is 14.5. The number of nitrogen functional groups attached to an aromatic ring is 1. The Balaban J connectivity index is 0.00000208. The molecule has 0 radical (unpaired) electrons. The van der Waals surface area contributed by atoms with E-state index < -0.39 is 0 Å². The van der Waals surface area contributed by atoms with Crippen molar-refractivity contribution < 1.29 is 4.79 Å². The summed E-state index contributed by atoms with van der Waals surface area (Å²) in [5.74, 6) is 0.00419. The molecule has 1 aliphatic heterocycles. The Hall–Kier alpha value is -2.20. The van der Waals surface area contributed by atoms with Crippen LogP contribution in [0.5, 0.6) is 0 Å². The Morgan fingerprint density at radius 1 is 1.21 bits per heavy atom. The zero-order valence-corrected chi connectivity index (χ0v) is 14.7. The van der Waals surface area contributed by atoms with Crippen LogP contribution in [0.4, 0.5) is 17.1 Å². The lowest BCUT2D eigenvalue weighted by Gasteiger charge is -2.31. The monoisotopic (exact) mass is 345 g/mol. The number of hydrogen-bond donors (Lipinski definition) is 2. The number of rotatable bonds is 4. The molecule has 2 aromatic rings. The van der Waals surface area contributed by atoms with E-state index in [9.17, 15) is 4.79 Å². The Morgan fingerprint density at radius 3 is 2.67 bits per heavy atom. The van der Waals surface area contributed by atoms with Crippen LogP contribution in [0.15, 0.2) is 42.5 Å². The molecule has 128 valence electrons. The molecule has 4 nitrogen and oxygen atoms in total. The van der Waals surface area contributed by atoms with Gasteiger partial charge < -0.3 is 16.0 Å². The SMILES string of the molecule is CCc1ccc(NC(=O)CN2CCCc3c(N)cccc32)cc1.Cl. The summed E-state index contributed by atoms with van der Waals surface area (Å²) in [5, 5.41) is 2.97. The van der Waals surface area contributed by atoms with Gasteiger partial charge in [-0.25, -0.2) is 0 Å². The maximum absolute atomic E-state index is 12.3. The second-order valence-corrected chi connectivity index (χ2v) is 5.97. The summed E-state index contributed by atoms with van der Waals surface area (Å²) < 4.78 is 0. The first-order valence-electron chi connectivity index (χ1n) is 8.18. The third-order valence-electron chi connectivity index (χ3n) is 4.36. The third-order valence-corrected chi connectivity index (χ3v) is 4.36. The first kappa shape index (κ1) is 18.1. The number of carbonyl (C=O) groups excluding carboxylic acids is 1. The minimum Gasteiger partial charge on any atom is -0.398 e. The number of hydrogen-bond acceptors (Lipinski definition) is 3. The lowest BCUT2D eigenvalue weighted by atomic mass is 10.00. The van der Waals surface area contributed by atoms with Crippen molar-refractivity contribution in [2.75, 3.05) is 29.0 Å². The van der Waals surface area contributed by atoms with E-state index in [2.05, 4.69) is 17.1 Å². The number of anilines is 3. The highest BCUT2D eigenvalue weighted by atomic mass is 35.5. The average molecular weight is 346 g/mol. The van der Waals surface area contributed by atoms with Crippen LogP contribution in [-0.4, -0.2) is 19.0 Å². The molecule has 0 bridgehead atoms. The second kappa shape index (κ2) is 8.06. The smallest absolute Gasteiger partial charge is 0.243 e. The van der Waals surface area contributed by atoms with Crippen molar-refractivity contribution in [3.05, 3.63) is 53.6 Å².